The maximum absolute atomic E-state index is 10.5. The SMILES string of the molecule is C=CN(/C=C\C(C)CC)c1c(O)cc(NC)cc1C1CCC1. The zero-order valence-corrected chi connectivity index (χ0v) is 14.0. The number of rotatable bonds is 7. The standard InChI is InChI=1S/C19H28N2O/c1-5-14(3)10-11-21(6-2)19-17(15-8-7-9-15)12-16(20-4)13-18(19)22/h6,10-15,20,22H,2,5,7-9H2,1,3-4H3/b11-10-. The van der Waals surface area contributed by atoms with Crippen LogP contribution in [0, 0.1) is 5.92 Å². The highest BCUT2D eigenvalue weighted by Crippen LogP contribution is 2.46. The van der Waals surface area contributed by atoms with Crippen LogP contribution in [0.5, 0.6) is 5.75 Å². The molecule has 1 fully saturated rings. The van der Waals surface area contributed by atoms with E-state index in [2.05, 4.69) is 37.9 Å². The first kappa shape index (κ1) is 16.5. The predicted molar refractivity (Wildman–Crippen MR) is 95.5 cm³/mol. The second-order valence-corrected chi connectivity index (χ2v) is 6.13. The van der Waals surface area contributed by atoms with Crippen LogP contribution in [-0.2, 0) is 0 Å². The van der Waals surface area contributed by atoms with Crippen LogP contribution in [0.3, 0.4) is 0 Å². The number of nitrogens with one attached hydrogen (secondary N) is 1. The van der Waals surface area contributed by atoms with E-state index in [4.69, 9.17) is 0 Å². The highest BCUT2D eigenvalue weighted by Gasteiger charge is 2.26. The lowest BCUT2D eigenvalue weighted by molar-refractivity contribution is 0.416. The number of nitrogens with zero attached hydrogens (tertiary/aromatic N) is 1. The van der Waals surface area contributed by atoms with Gasteiger partial charge < -0.3 is 15.3 Å². The molecule has 0 heterocycles. The minimum absolute atomic E-state index is 0.308. The molecule has 1 aliphatic rings. The van der Waals surface area contributed by atoms with E-state index in [9.17, 15) is 5.11 Å². The summed E-state index contributed by atoms with van der Waals surface area (Å²) < 4.78 is 0. The molecule has 0 aliphatic heterocycles. The number of anilines is 2. The third-order valence-electron chi connectivity index (χ3n) is 4.63. The Morgan fingerprint density at radius 1 is 1.45 bits per heavy atom. The van der Waals surface area contributed by atoms with Gasteiger partial charge in [0.25, 0.3) is 0 Å². The van der Waals surface area contributed by atoms with Crippen molar-refractivity contribution in [1.82, 2.24) is 0 Å². The zero-order valence-electron chi connectivity index (χ0n) is 14.0. The van der Waals surface area contributed by atoms with Crippen molar-refractivity contribution in [1.29, 1.82) is 0 Å². The average molecular weight is 300 g/mol. The van der Waals surface area contributed by atoms with E-state index in [0.29, 0.717) is 17.6 Å². The molecule has 0 amide bonds. The largest absolute Gasteiger partial charge is 0.506 e. The number of benzene rings is 1. The molecular weight excluding hydrogens is 272 g/mol. The van der Waals surface area contributed by atoms with Crippen LogP contribution in [0.2, 0.25) is 0 Å². The van der Waals surface area contributed by atoms with E-state index in [-0.39, 0.29) is 0 Å². The Kier molecular flexibility index (Phi) is 5.53. The topological polar surface area (TPSA) is 35.5 Å². The fourth-order valence-corrected chi connectivity index (χ4v) is 2.70. The lowest BCUT2D eigenvalue weighted by Gasteiger charge is -2.31. The van der Waals surface area contributed by atoms with Gasteiger partial charge in [-0.3, -0.25) is 0 Å². The molecule has 1 atom stereocenters. The molecule has 3 heteroatoms. The molecule has 1 aromatic rings. The molecule has 0 spiro atoms. The second kappa shape index (κ2) is 7.39. The number of aromatic hydroxyl groups is 1. The first-order chi connectivity index (χ1) is 10.6. The van der Waals surface area contributed by atoms with Gasteiger partial charge in [0.05, 0.1) is 5.69 Å². The maximum Gasteiger partial charge on any atom is 0.141 e. The molecule has 2 rings (SSSR count). The van der Waals surface area contributed by atoms with Crippen molar-refractivity contribution >= 4 is 11.4 Å². The van der Waals surface area contributed by atoms with E-state index in [1.807, 2.05) is 18.1 Å². The van der Waals surface area contributed by atoms with E-state index >= 15 is 0 Å². The molecule has 0 bridgehead atoms. The summed E-state index contributed by atoms with van der Waals surface area (Å²) in [6.07, 6.45) is 10.7. The van der Waals surface area contributed by atoms with Crippen molar-refractivity contribution in [2.24, 2.45) is 5.92 Å². The summed E-state index contributed by atoms with van der Waals surface area (Å²) in [4.78, 5) is 1.95. The molecule has 1 aromatic carbocycles. The van der Waals surface area contributed by atoms with Crippen molar-refractivity contribution < 1.29 is 5.11 Å². The van der Waals surface area contributed by atoms with Crippen molar-refractivity contribution in [2.45, 2.75) is 45.4 Å². The first-order valence-electron chi connectivity index (χ1n) is 8.24. The Bertz CT molecular complexity index is 547. The average Bonchev–Trinajstić information content (AvgIpc) is 2.47. The van der Waals surface area contributed by atoms with Crippen molar-refractivity contribution in [3.8, 4) is 5.75 Å². The Morgan fingerprint density at radius 2 is 2.18 bits per heavy atom. The number of hydrogen-bond donors (Lipinski definition) is 2. The molecule has 120 valence electrons. The van der Waals surface area contributed by atoms with Crippen LogP contribution in [0.15, 0.2) is 37.2 Å². The first-order valence-corrected chi connectivity index (χ1v) is 8.24. The van der Waals surface area contributed by atoms with Crippen LogP contribution in [0.1, 0.15) is 51.0 Å². The minimum Gasteiger partial charge on any atom is -0.506 e. The van der Waals surface area contributed by atoms with E-state index < -0.39 is 0 Å². The number of hydrogen-bond acceptors (Lipinski definition) is 3. The molecular formula is C19H28N2O. The quantitative estimate of drug-likeness (QED) is 0.725. The number of allylic oxidation sites excluding steroid dienone is 1. The molecule has 3 nitrogen and oxygen atoms in total. The predicted octanol–water partition coefficient (Wildman–Crippen LogP) is 5.21. The fourth-order valence-electron chi connectivity index (χ4n) is 2.70. The van der Waals surface area contributed by atoms with E-state index in [0.717, 1.165) is 17.8 Å². The van der Waals surface area contributed by atoms with Crippen LogP contribution in [0.4, 0.5) is 11.4 Å². The zero-order chi connectivity index (χ0) is 16.1. The fraction of sp³-hybridized carbons (Fsp3) is 0.474. The second-order valence-electron chi connectivity index (χ2n) is 6.13. The van der Waals surface area contributed by atoms with Crippen LogP contribution < -0.4 is 10.2 Å². The lowest BCUT2D eigenvalue weighted by Crippen LogP contribution is -2.16. The highest BCUT2D eigenvalue weighted by molar-refractivity contribution is 5.72. The lowest BCUT2D eigenvalue weighted by atomic mass is 9.79. The summed E-state index contributed by atoms with van der Waals surface area (Å²) in [5.41, 5.74) is 3.04. The van der Waals surface area contributed by atoms with Gasteiger partial charge in [0.2, 0.25) is 0 Å². The summed E-state index contributed by atoms with van der Waals surface area (Å²) in [6.45, 7) is 8.28. The minimum atomic E-state index is 0.308. The summed E-state index contributed by atoms with van der Waals surface area (Å²) in [5, 5.41) is 13.7. The normalized spacial score (nSPS) is 16.3. The van der Waals surface area contributed by atoms with Crippen molar-refractivity contribution in [2.75, 3.05) is 17.3 Å². The third-order valence-corrected chi connectivity index (χ3v) is 4.63. The van der Waals surface area contributed by atoms with Gasteiger partial charge in [-0.15, -0.1) is 0 Å². The van der Waals surface area contributed by atoms with E-state index in [1.165, 1.54) is 24.8 Å². The monoisotopic (exact) mass is 300 g/mol. The van der Waals surface area contributed by atoms with Gasteiger partial charge in [-0.25, -0.2) is 0 Å². The van der Waals surface area contributed by atoms with Gasteiger partial charge in [0, 0.05) is 31.2 Å². The van der Waals surface area contributed by atoms with Gasteiger partial charge in [-0.1, -0.05) is 39.3 Å². The van der Waals surface area contributed by atoms with Crippen LogP contribution in [0.25, 0.3) is 0 Å². The van der Waals surface area contributed by atoms with Gasteiger partial charge in [0.1, 0.15) is 5.75 Å². The van der Waals surface area contributed by atoms with Gasteiger partial charge >= 0.3 is 0 Å². The van der Waals surface area contributed by atoms with Crippen molar-refractivity contribution in [3.63, 3.8) is 0 Å². The molecule has 0 radical (unpaired) electrons. The summed E-state index contributed by atoms with van der Waals surface area (Å²) >= 11 is 0. The Hall–Kier alpha value is -1.90. The summed E-state index contributed by atoms with van der Waals surface area (Å²) in [6, 6.07) is 3.94. The van der Waals surface area contributed by atoms with E-state index in [1.54, 1.807) is 12.3 Å². The van der Waals surface area contributed by atoms with Crippen LogP contribution >= 0.6 is 0 Å². The molecule has 1 saturated carbocycles. The molecule has 2 N–H and O–H groups in total. The number of phenols is 1. The summed E-state index contributed by atoms with van der Waals surface area (Å²) in [7, 11) is 1.88. The molecule has 0 saturated heterocycles. The van der Waals surface area contributed by atoms with Gasteiger partial charge in [-0.05, 0) is 36.3 Å². The van der Waals surface area contributed by atoms with Crippen LogP contribution in [-0.4, -0.2) is 12.2 Å². The van der Waals surface area contributed by atoms with Crippen molar-refractivity contribution in [3.05, 3.63) is 42.8 Å². The number of phenolic OH excluding ortho intramolecular Hbond substituents is 1. The Labute approximate surface area is 134 Å². The van der Waals surface area contributed by atoms with Gasteiger partial charge in [0.15, 0.2) is 0 Å². The van der Waals surface area contributed by atoms with Gasteiger partial charge in [-0.2, -0.15) is 0 Å². The smallest absolute Gasteiger partial charge is 0.141 e. The molecule has 1 unspecified atom stereocenters. The molecule has 1 aliphatic carbocycles. The summed E-state index contributed by atoms with van der Waals surface area (Å²) in [5.74, 6) is 1.35. The Morgan fingerprint density at radius 3 is 2.68 bits per heavy atom. The maximum atomic E-state index is 10.5. The molecule has 22 heavy (non-hydrogen) atoms. The Balaban J connectivity index is 2.42. The molecule has 0 aromatic heterocycles. The third kappa shape index (κ3) is 3.46. The highest BCUT2D eigenvalue weighted by atomic mass is 16.3.